The minimum atomic E-state index is -0.571. The number of carbonyl (C=O) groups is 3. The molecule has 0 unspecified atom stereocenters. The van der Waals surface area contributed by atoms with Gasteiger partial charge >= 0.3 is 5.97 Å². The van der Waals surface area contributed by atoms with Crippen LogP contribution >= 0.6 is 12.4 Å². The van der Waals surface area contributed by atoms with E-state index in [9.17, 15) is 14.4 Å². The lowest BCUT2D eigenvalue weighted by Crippen LogP contribution is -2.31. The van der Waals surface area contributed by atoms with Gasteiger partial charge in [0.15, 0.2) is 6.61 Å². The first-order valence-corrected chi connectivity index (χ1v) is 10.6. The molecule has 1 saturated heterocycles. The number of amidine groups is 1. The molecule has 0 bridgehead atoms. The molecule has 2 atom stereocenters. The van der Waals surface area contributed by atoms with Crippen LogP contribution in [0.1, 0.15) is 18.4 Å². The molecular weight excluding hydrogens is 460 g/mol. The number of halogens is 1. The van der Waals surface area contributed by atoms with Gasteiger partial charge in [-0.3, -0.25) is 19.8 Å². The van der Waals surface area contributed by atoms with Crippen molar-refractivity contribution in [3.05, 3.63) is 54.1 Å². The first-order valence-electron chi connectivity index (χ1n) is 10.6. The summed E-state index contributed by atoms with van der Waals surface area (Å²) in [6.07, 6.45) is 0.385. The number of benzene rings is 2. The van der Waals surface area contributed by atoms with E-state index < -0.39 is 11.9 Å². The minimum Gasteiger partial charge on any atom is -0.491 e. The number of nitrogens with zero attached hydrogens (tertiary/aromatic N) is 1. The van der Waals surface area contributed by atoms with Gasteiger partial charge in [-0.25, -0.2) is 0 Å². The van der Waals surface area contributed by atoms with E-state index in [1.165, 1.54) is 4.90 Å². The maximum absolute atomic E-state index is 12.2. The average Bonchev–Trinajstić information content (AvgIpc) is 3.15. The second kappa shape index (κ2) is 12.0. The Bertz CT molecular complexity index is 1020. The molecule has 0 aliphatic carbocycles. The van der Waals surface area contributed by atoms with Gasteiger partial charge in [0, 0.05) is 19.7 Å². The van der Waals surface area contributed by atoms with E-state index in [4.69, 9.17) is 20.6 Å². The summed E-state index contributed by atoms with van der Waals surface area (Å²) < 4.78 is 10.8. The lowest BCUT2D eigenvalue weighted by Gasteiger charge is -2.13. The molecule has 0 aromatic heterocycles. The van der Waals surface area contributed by atoms with Crippen molar-refractivity contribution in [3.63, 3.8) is 0 Å². The number of ether oxygens (including phenoxy) is 2. The van der Waals surface area contributed by atoms with Crippen LogP contribution in [0, 0.1) is 11.3 Å². The number of hydrogen-bond donors (Lipinski definition) is 3. The molecule has 1 heterocycles. The quantitative estimate of drug-likeness (QED) is 0.280. The van der Waals surface area contributed by atoms with Gasteiger partial charge < -0.3 is 25.4 Å². The Kier molecular flexibility index (Phi) is 9.44. The van der Waals surface area contributed by atoms with Gasteiger partial charge in [0.25, 0.3) is 5.91 Å². The van der Waals surface area contributed by atoms with E-state index in [0.29, 0.717) is 17.7 Å². The molecule has 1 aliphatic heterocycles. The van der Waals surface area contributed by atoms with E-state index in [1.807, 2.05) is 36.4 Å². The van der Waals surface area contributed by atoms with E-state index in [-0.39, 0.29) is 55.7 Å². The van der Waals surface area contributed by atoms with Crippen LogP contribution in [0.2, 0.25) is 0 Å². The number of nitrogens with two attached hydrogens (primary N) is 1. The molecule has 0 radical (unpaired) electrons. The van der Waals surface area contributed by atoms with Crippen molar-refractivity contribution >= 4 is 36.0 Å². The highest BCUT2D eigenvalue weighted by molar-refractivity contribution is 5.95. The van der Waals surface area contributed by atoms with Crippen LogP contribution in [0.15, 0.2) is 48.5 Å². The standard InChI is InChI=1S/C24H28N4O5.ClH/c1-28(2)21(29)14-33-22(30)12-18-11-19(27-24(18)31)13-32-20-9-7-16(8-10-20)15-3-5-17(6-4-15)23(25)26;/h3-10,18-19H,11-14H2,1-2H3,(H3,25,26)(H,27,31);1H/t18-,19-;/m0./s1. The fourth-order valence-corrected chi connectivity index (χ4v) is 3.43. The summed E-state index contributed by atoms with van der Waals surface area (Å²) in [5.74, 6) is -0.908. The number of nitrogens with one attached hydrogen (secondary N) is 2. The van der Waals surface area contributed by atoms with Crippen molar-refractivity contribution in [2.45, 2.75) is 18.9 Å². The van der Waals surface area contributed by atoms with Crippen LogP contribution in [0.3, 0.4) is 0 Å². The number of nitrogen functional groups attached to an aromatic ring is 1. The first-order chi connectivity index (χ1) is 15.7. The summed E-state index contributed by atoms with van der Waals surface area (Å²) >= 11 is 0. The number of carbonyl (C=O) groups excluding carboxylic acids is 3. The largest absolute Gasteiger partial charge is 0.491 e. The van der Waals surface area contributed by atoms with Crippen LogP contribution in [0.4, 0.5) is 0 Å². The Morgan fingerprint density at radius 3 is 2.24 bits per heavy atom. The highest BCUT2D eigenvalue weighted by atomic mass is 35.5. The van der Waals surface area contributed by atoms with Gasteiger partial charge in [-0.2, -0.15) is 0 Å². The van der Waals surface area contributed by atoms with E-state index in [0.717, 1.165) is 11.1 Å². The molecule has 1 fully saturated rings. The van der Waals surface area contributed by atoms with Gasteiger partial charge in [0.1, 0.15) is 18.2 Å². The molecule has 1 aliphatic rings. The van der Waals surface area contributed by atoms with Gasteiger partial charge in [-0.1, -0.05) is 36.4 Å². The fourth-order valence-electron chi connectivity index (χ4n) is 3.43. The Hall–Kier alpha value is -3.59. The molecule has 9 nitrogen and oxygen atoms in total. The predicted molar refractivity (Wildman–Crippen MR) is 130 cm³/mol. The summed E-state index contributed by atoms with van der Waals surface area (Å²) in [7, 11) is 3.15. The highest BCUT2D eigenvalue weighted by Crippen LogP contribution is 2.24. The van der Waals surface area contributed by atoms with Crippen molar-refractivity contribution in [2.24, 2.45) is 11.7 Å². The third kappa shape index (κ3) is 7.21. The SMILES string of the molecule is CN(C)C(=O)COC(=O)C[C@@H]1C[C@@H](COc2ccc(-c3ccc(C(=N)N)cc3)cc2)NC1=O.Cl. The summed E-state index contributed by atoms with van der Waals surface area (Å²) in [5.41, 5.74) is 8.15. The summed E-state index contributed by atoms with van der Waals surface area (Å²) in [6.45, 7) is -0.0490. The van der Waals surface area contributed by atoms with Crippen LogP contribution in [0.5, 0.6) is 5.75 Å². The van der Waals surface area contributed by atoms with Gasteiger partial charge in [-0.15, -0.1) is 12.4 Å². The van der Waals surface area contributed by atoms with Gasteiger partial charge in [0.05, 0.1) is 18.4 Å². The summed E-state index contributed by atoms with van der Waals surface area (Å²) in [5, 5.41) is 10.3. The van der Waals surface area contributed by atoms with Crippen LogP contribution < -0.4 is 15.8 Å². The van der Waals surface area contributed by atoms with Crippen molar-refractivity contribution in [3.8, 4) is 16.9 Å². The zero-order chi connectivity index (χ0) is 24.0. The molecular formula is C24H29ClN4O5. The maximum atomic E-state index is 12.2. The molecule has 3 rings (SSSR count). The second-order valence-corrected chi connectivity index (χ2v) is 8.12. The third-order valence-electron chi connectivity index (χ3n) is 5.39. The van der Waals surface area contributed by atoms with Crippen molar-refractivity contribution in [1.29, 1.82) is 5.41 Å². The fraction of sp³-hybridized carbons (Fsp3) is 0.333. The number of hydrogen-bond acceptors (Lipinski definition) is 6. The molecule has 182 valence electrons. The predicted octanol–water partition coefficient (Wildman–Crippen LogP) is 1.96. The van der Waals surface area contributed by atoms with Crippen LogP contribution in [-0.4, -0.2) is 61.9 Å². The Balaban J connectivity index is 0.00000408. The monoisotopic (exact) mass is 488 g/mol. The lowest BCUT2D eigenvalue weighted by atomic mass is 10.0. The number of esters is 1. The lowest BCUT2D eigenvalue weighted by molar-refractivity contribution is -0.152. The van der Waals surface area contributed by atoms with Crippen LogP contribution in [0.25, 0.3) is 11.1 Å². The molecule has 0 spiro atoms. The van der Waals surface area contributed by atoms with Gasteiger partial charge in [-0.05, 0) is 29.7 Å². The smallest absolute Gasteiger partial charge is 0.307 e. The Morgan fingerprint density at radius 1 is 1.09 bits per heavy atom. The summed E-state index contributed by atoms with van der Waals surface area (Å²) in [4.78, 5) is 36.9. The van der Waals surface area contributed by atoms with Crippen LogP contribution in [-0.2, 0) is 19.1 Å². The van der Waals surface area contributed by atoms with Crippen molar-refractivity contribution in [2.75, 3.05) is 27.3 Å². The normalized spacial score (nSPS) is 16.7. The highest BCUT2D eigenvalue weighted by Gasteiger charge is 2.34. The minimum absolute atomic E-state index is 0. The zero-order valence-corrected chi connectivity index (χ0v) is 19.9. The van der Waals surface area contributed by atoms with Crippen molar-refractivity contribution < 1.29 is 23.9 Å². The molecule has 34 heavy (non-hydrogen) atoms. The third-order valence-corrected chi connectivity index (χ3v) is 5.39. The maximum Gasteiger partial charge on any atom is 0.307 e. The Labute approximate surface area is 204 Å². The molecule has 2 aromatic carbocycles. The second-order valence-electron chi connectivity index (χ2n) is 8.12. The summed E-state index contributed by atoms with van der Waals surface area (Å²) in [6, 6.07) is 14.8. The Morgan fingerprint density at radius 2 is 1.68 bits per heavy atom. The zero-order valence-electron chi connectivity index (χ0n) is 19.1. The topological polar surface area (TPSA) is 135 Å². The van der Waals surface area contributed by atoms with E-state index in [1.54, 1.807) is 26.2 Å². The molecule has 10 heteroatoms. The number of amides is 2. The molecule has 2 amide bonds. The first kappa shape index (κ1) is 26.7. The number of likely N-dealkylation sites (N-methyl/N-ethyl adjacent to an activating group) is 1. The molecule has 4 N–H and O–H groups in total. The van der Waals surface area contributed by atoms with E-state index in [2.05, 4.69) is 5.32 Å². The molecule has 0 saturated carbocycles. The van der Waals surface area contributed by atoms with Gasteiger partial charge in [0.2, 0.25) is 5.91 Å². The average molecular weight is 489 g/mol. The van der Waals surface area contributed by atoms with Crippen molar-refractivity contribution in [1.82, 2.24) is 10.2 Å². The molecule has 2 aromatic rings. The van der Waals surface area contributed by atoms with E-state index >= 15 is 0 Å². The number of rotatable bonds is 9.